The summed E-state index contributed by atoms with van der Waals surface area (Å²) in [5.41, 5.74) is 0.438. The normalized spacial score (nSPS) is 18.2. The Morgan fingerprint density at radius 1 is 1.24 bits per heavy atom. The van der Waals surface area contributed by atoms with Crippen molar-refractivity contribution >= 4 is 15.9 Å². The van der Waals surface area contributed by atoms with Crippen molar-refractivity contribution in [3.05, 3.63) is 59.7 Å². The number of pyridine rings is 1. The predicted octanol–water partition coefficient (Wildman–Crippen LogP) is 2.24. The molecule has 0 aliphatic carbocycles. The number of carbonyl (C=O) groups excluding carboxylic acids is 1. The van der Waals surface area contributed by atoms with E-state index < -0.39 is 21.7 Å². The SMILES string of the molecule is NS(=O)(=O)c1ccc(F)c(C(=O)N2CCCCC2c2ccccn2)c1. The third-order valence-corrected chi connectivity index (χ3v) is 5.20. The second kappa shape index (κ2) is 6.89. The maximum Gasteiger partial charge on any atom is 0.257 e. The second-order valence-corrected chi connectivity index (χ2v) is 7.51. The van der Waals surface area contributed by atoms with E-state index in [9.17, 15) is 17.6 Å². The van der Waals surface area contributed by atoms with Gasteiger partial charge in [-0.2, -0.15) is 0 Å². The number of rotatable bonds is 3. The molecule has 132 valence electrons. The van der Waals surface area contributed by atoms with Gasteiger partial charge in [0, 0.05) is 12.7 Å². The van der Waals surface area contributed by atoms with E-state index in [0.717, 1.165) is 43.2 Å². The molecule has 1 unspecified atom stereocenters. The summed E-state index contributed by atoms with van der Waals surface area (Å²) in [6.45, 7) is 0.457. The number of sulfonamides is 1. The Morgan fingerprint density at radius 2 is 2.04 bits per heavy atom. The van der Waals surface area contributed by atoms with Crippen LogP contribution in [0.4, 0.5) is 4.39 Å². The summed E-state index contributed by atoms with van der Waals surface area (Å²) in [5.74, 6) is -1.33. The molecule has 2 N–H and O–H groups in total. The van der Waals surface area contributed by atoms with Crippen molar-refractivity contribution in [2.24, 2.45) is 5.14 Å². The monoisotopic (exact) mass is 363 g/mol. The Hall–Kier alpha value is -2.32. The number of nitrogens with two attached hydrogens (primary N) is 1. The number of primary sulfonamides is 1. The van der Waals surface area contributed by atoms with Crippen molar-refractivity contribution in [1.82, 2.24) is 9.88 Å². The summed E-state index contributed by atoms with van der Waals surface area (Å²) in [6, 6.07) is 8.18. The van der Waals surface area contributed by atoms with Gasteiger partial charge in [-0.05, 0) is 49.6 Å². The van der Waals surface area contributed by atoms with Gasteiger partial charge >= 0.3 is 0 Å². The van der Waals surface area contributed by atoms with Gasteiger partial charge in [-0.15, -0.1) is 0 Å². The number of carbonyl (C=O) groups is 1. The van der Waals surface area contributed by atoms with Gasteiger partial charge in [0.15, 0.2) is 0 Å². The maximum atomic E-state index is 14.2. The number of likely N-dealkylation sites (tertiary alicyclic amines) is 1. The first-order chi connectivity index (χ1) is 11.9. The summed E-state index contributed by atoms with van der Waals surface area (Å²) in [7, 11) is -4.02. The smallest absolute Gasteiger partial charge is 0.257 e. The van der Waals surface area contributed by atoms with E-state index in [1.807, 2.05) is 12.1 Å². The summed E-state index contributed by atoms with van der Waals surface area (Å²) in [6.07, 6.45) is 4.10. The van der Waals surface area contributed by atoms with Crippen LogP contribution in [0, 0.1) is 5.82 Å². The fourth-order valence-electron chi connectivity index (χ4n) is 3.06. The molecule has 1 aromatic heterocycles. The first kappa shape index (κ1) is 17.5. The minimum Gasteiger partial charge on any atom is -0.330 e. The minimum absolute atomic E-state index is 0.264. The molecule has 0 spiro atoms. The molecule has 1 atom stereocenters. The highest BCUT2D eigenvalue weighted by atomic mass is 32.2. The van der Waals surface area contributed by atoms with Crippen LogP contribution in [0.1, 0.15) is 41.4 Å². The molecule has 1 aliphatic heterocycles. The summed E-state index contributed by atoms with van der Waals surface area (Å²) in [5, 5.41) is 5.09. The predicted molar refractivity (Wildman–Crippen MR) is 89.6 cm³/mol. The Balaban J connectivity index is 1.98. The molecule has 1 saturated heterocycles. The molecule has 1 fully saturated rings. The molecule has 2 aromatic rings. The lowest BCUT2D eigenvalue weighted by atomic mass is 9.97. The molecule has 1 aliphatic rings. The van der Waals surface area contributed by atoms with Gasteiger partial charge in [0.05, 0.1) is 22.2 Å². The zero-order chi connectivity index (χ0) is 18.0. The van der Waals surface area contributed by atoms with Crippen LogP contribution in [-0.4, -0.2) is 30.8 Å². The van der Waals surface area contributed by atoms with Gasteiger partial charge in [0.25, 0.3) is 5.91 Å². The molecule has 0 bridgehead atoms. The Labute approximate surface area is 145 Å². The molecule has 8 heteroatoms. The Bertz CT molecular complexity index is 887. The van der Waals surface area contributed by atoms with Gasteiger partial charge in [0.1, 0.15) is 5.82 Å². The van der Waals surface area contributed by atoms with Gasteiger partial charge in [-0.25, -0.2) is 17.9 Å². The first-order valence-electron chi connectivity index (χ1n) is 7.92. The Kier molecular flexibility index (Phi) is 4.82. The summed E-state index contributed by atoms with van der Waals surface area (Å²) < 4.78 is 37.2. The standard InChI is InChI=1S/C17H18FN3O3S/c18-14-8-7-12(25(19,23)24)11-13(14)17(22)21-10-4-2-6-16(21)15-5-1-3-9-20-15/h1,3,5,7-9,11,16H,2,4,6,10H2,(H2,19,23,24). The highest BCUT2D eigenvalue weighted by Gasteiger charge is 2.31. The van der Waals surface area contributed by atoms with Crippen LogP contribution in [0.3, 0.4) is 0 Å². The summed E-state index contributed by atoms with van der Waals surface area (Å²) in [4.78, 5) is 18.5. The van der Waals surface area contributed by atoms with Crippen molar-refractivity contribution in [2.45, 2.75) is 30.2 Å². The number of aromatic nitrogens is 1. The molecule has 1 amide bonds. The maximum absolute atomic E-state index is 14.2. The summed E-state index contributed by atoms with van der Waals surface area (Å²) >= 11 is 0. The number of nitrogens with zero attached hydrogens (tertiary/aromatic N) is 2. The van der Waals surface area contributed by atoms with Crippen LogP contribution in [0.5, 0.6) is 0 Å². The van der Waals surface area contributed by atoms with E-state index >= 15 is 0 Å². The quantitative estimate of drug-likeness (QED) is 0.905. The van der Waals surface area contributed by atoms with Gasteiger partial charge in [-0.3, -0.25) is 9.78 Å². The molecular weight excluding hydrogens is 345 g/mol. The third-order valence-electron chi connectivity index (χ3n) is 4.29. The van der Waals surface area contributed by atoms with E-state index in [4.69, 9.17) is 5.14 Å². The van der Waals surface area contributed by atoms with E-state index in [-0.39, 0.29) is 16.5 Å². The zero-order valence-corrected chi connectivity index (χ0v) is 14.2. The third kappa shape index (κ3) is 3.69. The second-order valence-electron chi connectivity index (χ2n) is 5.95. The topological polar surface area (TPSA) is 93.4 Å². The zero-order valence-electron chi connectivity index (χ0n) is 13.4. The molecule has 25 heavy (non-hydrogen) atoms. The molecule has 0 saturated carbocycles. The van der Waals surface area contributed by atoms with Crippen LogP contribution >= 0.6 is 0 Å². The van der Waals surface area contributed by atoms with E-state index in [0.29, 0.717) is 6.54 Å². The molecule has 6 nitrogen and oxygen atoms in total. The number of hydrogen-bond donors (Lipinski definition) is 1. The van der Waals surface area contributed by atoms with Crippen LogP contribution in [-0.2, 0) is 10.0 Å². The van der Waals surface area contributed by atoms with E-state index in [1.54, 1.807) is 17.2 Å². The number of hydrogen-bond acceptors (Lipinski definition) is 4. The van der Waals surface area contributed by atoms with Crippen molar-refractivity contribution in [3.63, 3.8) is 0 Å². The highest BCUT2D eigenvalue weighted by molar-refractivity contribution is 7.89. The average molecular weight is 363 g/mol. The molecule has 2 heterocycles. The van der Waals surface area contributed by atoms with Crippen molar-refractivity contribution in [1.29, 1.82) is 0 Å². The number of piperidine rings is 1. The van der Waals surface area contributed by atoms with Crippen molar-refractivity contribution < 1.29 is 17.6 Å². The van der Waals surface area contributed by atoms with Gasteiger partial charge < -0.3 is 4.90 Å². The van der Waals surface area contributed by atoms with E-state index in [2.05, 4.69) is 4.98 Å². The lowest BCUT2D eigenvalue weighted by Crippen LogP contribution is -2.39. The average Bonchev–Trinajstić information content (AvgIpc) is 2.61. The molecular formula is C17H18FN3O3S. The van der Waals surface area contributed by atoms with Crippen LogP contribution in [0.15, 0.2) is 47.5 Å². The fraction of sp³-hybridized carbons (Fsp3) is 0.294. The molecule has 3 rings (SSSR count). The largest absolute Gasteiger partial charge is 0.330 e. The Morgan fingerprint density at radius 3 is 2.72 bits per heavy atom. The first-order valence-corrected chi connectivity index (χ1v) is 9.47. The van der Waals surface area contributed by atoms with Crippen LogP contribution < -0.4 is 5.14 Å². The van der Waals surface area contributed by atoms with Gasteiger partial charge in [-0.1, -0.05) is 6.07 Å². The van der Waals surface area contributed by atoms with Gasteiger partial charge in [0.2, 0.25) is 10.0 Å². The van der Waals surface area contributed by atoms with Crippen LogP contribution in [0.25, 0.3) is 0 Å². The lowest BCUT2D eigenvalue weighted by Gasteiger charge is -2.35. The number of amides is 1. The van der Waals surface area contributed by atoms with E-state index in [1.165, 1.54) is 0 Å². The molecule has 0 radical (unpaired) electrons. The fourth-order valence-corrected chi connectivity index (χ4v) is 3.60. The highest BCUT2D eigenvalue weighted by Crippen LogP contribution is 2.31. The number of halogens is 1. The van der Waals surface area contributed by atoms with Crippen LogP contribution in [0.2, 0.25) is 0 Å². The van der Waals surface area contributed by atoms with Crippen molar-refractivity contribution in [2.75, 3.05) is 6.54 Å². The lowest BCUT2D eigenvalue weighted by molar-refractivity contribution is 0.0601. The molecule has 1 aromatic carbocycles. The van der Waals surface area contributed by atoms with Crippen molar-refractivity contribution in [3.8, 4) is 0 Å². The minimum atomic E-state index is -4.02. The number of benzene rings is 1.